The van der Waals surface area contributed by atoms with Gasteiger partial charge in [-0.25, -0.2) is 0 Å². The van der Waals surface area contributed by atoms with Crippen LogP contribution in [0.5, 0.6) is 0 Å². The molecule has 0 amide bonds. The summed E-state index contributed by atoms with van der Waals surface area (Å²) in [7, 11) is 0. The number of hydrogen-bond donors (Lipinski definition) is 0. The molecule has 0 aromatic heterocycles. The molecule has 0 aliphatic heterocycles. The second-order valence-corrected chi connectivity index (χ2v) is 5.42. The van der Waals surface area contributed by atoms with Crippen LogP contribution < -0.4 is 4.90 Å². The minimum Gasteiger partial charge on any atom is -0.372 e. The average Bonchev–Trinajstić information content (AvgIpc) is 2.49. The summed E-state index contributed by atoms with van der Waals surface area (Å²) in [5, 5.41) is 0. The van der Waals surface area contributed by atoms with Crippen LogP contribution in [0.2, 0.25) is 0 Å². The Hall–Kier alpha value is -1.35. The molecule has 0 saturated carbocycles. The number of nitrogens with zero attached hydrogens (tertiary/aromatic N) is 2. The molecule has 0 aliphatic rings. The van der Waals surface area contributed by atoms with Gasteiger partial charge in [0.15, 0.2) is 5.78 Å². The van der Waals surface area contributed by atoms with Gasteiger partial charge < -0.3 is 4.90 Å². The molecule has 0 aliphatic carbocycles. The molecule has 1 aromatic rings. The highest BCUT2D eigenvalue weighted by molar-refractivity contribution is 5.97. The lowest BCUT2D eigenvalue weighted by Gasteiger charge is -2.22. The highest BCUT2D eigenvalue weighted by Crippen LogP contribution is 2.15. The number of carbonyl (C=O) groups excluding carboxylic acids is 1. The maximum Gasteiger partial charge on any atom is 0.176 e. The Kier molecular flexibility index (Phi) is 8.06. The van der Waals surface area contributed by atoms with Crippen LogP contribution in [-0.4, -0.2) is 43.4 Å². The summed E-state index contributed by atoms with van der Waals surface area (Å²) in [5.74, 6) is 0.225. The van der Waals surface area contributed by atoms with Crippen molar-refractivity contribution in [2.45, 2.75) is 40.5 Å². The summed E-state index contributed by atoms with van der Waals surface area (Å²) in [6.07, 6.45) is 2.18. The molecule has 3 nitrogen and oxygen atoms in total. The predicted octanol–water partition coefficient (Wildman–Crippen LogP) is 3.84. The molecule has 0 unspecified atom stereocenters. The first kappa shape index (κ1) is 17.7. The predicted molar refractivity (Wildman–Crippen MR) is 91.4 cm³/mol. The van der Waals surface area contributed by atoms with Crippen LogP contribution in [0.3, 0.4) is 0 Å². The van der Waals surface area contributed by atoms with Gasteiger partial charge >= 0.3 is 0 Å². The van der Waals surface area contributed by atoms with E-state index in [0.29, 0.717) is 6.54 Å². The second kappa shape index (κ2) is 9.56. The van der Waals surface area contributed by atoms with Gasteiger partial charge in [-0.3, -0.25) is 9.69 Å². The maximum absolute atomic E-state index is 12.4. The summed E-state index contributed by atoms with van der Waals surface area (Å²) in [5.41, 5.74) is 2.01. The van der Waals surface area contributed by atoms with E-state index in [1.54, 1.807) is 0 Å². The number of Topliss-reactive ketones (excluding diaryl/α,β-unsaturated/α-hetero) is 1. The van der Waals surface area contributed by atoms with E-state index >= 15 is 0 Å². The second-order valence-electron chi connectivity index (χ2n) is 5.42. The highest BCUT2D eigenvalue weighted by Gasteiger charge is 2.12. The van der Waals surface area contributed by atoms with Crippen LogP contribution in [0.1, 0.15) is 50.9 Å². The highest BCUT2D eigenvalue weighted by atomic mass is 16.1. The fourth-order valence-corrected chi connectivity index (χ4v) is 2.64. The molecule has 0 saturated heterocycles. The first-order chi connectivity index (χ1) is 10.2. The van der Waals surface area contributed by atoms with Gasteiger partial charge in [0.25, 0.3) is 0 Å². The van der Waals surface area contributed by atoms with Gasteiger partial charge in [-0.2, -0.15) is 0 Å². The topological polar surface area (TPSA) is 23.6 Å². The molecule has 0 atom stereocenters. The van der Waals surface area contributed by atoms with Crippen LogP contribution >= 0.6 is 0 Å². The van der Waals surface area contributed by atoms with Crippen molar-refractivity contribution in [3.8, 4) is 0 Å². The Bertz CT molecular complexity index is 404. The lowest BCUT2D eigenvalue weighted by atomic mass is 10.1. The quantitative estimate of drug-likeness (QED) is 0.612. The molecule has 3 heteroatoms. The normalized spacial score (nSPS) is 10.9. The van der Waals surface area contributed by atoms with Crippen molar-refractivity contribution in [1.82, 2.24) is 4.90 Å². The molecule has 0 fully saturated rings. The molecular formula is C18H30N2O. The number of benzene rings is 1. The van der Waals surface area contributed by atoms with Gasteiger partial charge in [0.1, 0.15) is 0 Å². The third kappa shape index (κ3) is 5.50. The van der Waals surface area contributed by atoms with E-state index in [-0.39, 0.29) is 5.78 Å². The summed E-state index contributed by atoms with van der Waals surface area (Å²) in [6, 6.07) is 8.05. The molecule has 0 N–H and O–H groups in total. The zero-order valence-electron chi connectivity index (χ0n) is 14.1. The summed E-state index contributed by atoms with van der Waals surface area (Å²) < 4.78 is 0. The summed E-state index contributed by atoms with van der Waals surface area (Å²) in [4.78, 5) is 16.9. The van der Waals surface area contributed by atoms with Crippen LogP contribution in [-0.2, 0) is 0 Å². The Morgan fingerprint density at radius 3 is 1.86 bits per heavy atom. The van der Waals surface area contributed by atoms with Crippen molar-refractivity contribution in [1.29, 1.82) is 0 Å². The molecule has 0 heterocycles. The first-order valence-electron chi connectivity index (χ1n) is 8.26. The van der Waals surface area contributed by atoms with Gasteiger partial charge in [-0.1, -0.05) is 13.8 Å². The number of ketones is 1. The van der Waals surface area contributed by atoms with Gasteiger partial charge in [0.05, 0.1) is 6.54 Å². The van der Waals surface area contributed by atoms with Crippen molar-refractivity contribution >= 4 is 11.5 Å². The van der Waals surface area contributed by atoms with E-state index in [9.17, 15) is 4.79 Å². The van der Waals surface area contributed by atoms with E-state index in [2.05, 4.69) is 49.6 Å². The standard InChI is InChI=1S/C18H30N2O/c1-5-13-19(14-6-2)15-18(21)16-9-11-17(12-10-16)20(7-3)8-4/h9-12H,5-8,13-15H2,1-4H3. The van der Waals surface area contributed by atoms with Gasteiger partial charge in [0.2, 0.25) is 0 Å². The average molecular weight is 290 g/mol. The lowest BCUT2D eigenvalue weighted by molar-refractivity contribution is 0.0930. The minimum absolute atomic E-state index is 0.225. The van der Waals surface area contributed by atoms with Crippen molar-refractivity contribution in [3.05, 3.63) is 29.8 Å². The Balaban J connectivity index is 2.69. The van der Waals surface area contributed by atoms with Gasteiger partial charge in [-0.05, 0) is 64.0 Å². The molecule has 21 heavy (non-hydrogen) atoms. The van der Waals surface area contributed by atoms with Crippen LogP contribution in [0.25, 0.3) is 0 Å². The molecule has 0 radical (unpaired) electrons. The molecular weight excluding hydrogens is 260 g/mol. The Morgan fingerprint density at radius 2 is 1.43 bits per heavy atom. The maximum atomic E-state index is 12.4. The monoisotopic (exact) mass is 290 g/mol. The van der Waals surface area contributed by atoms with Crippen LogP contribution in [0.4, 0.5) is 5.69 Å². The van der Waals surface area contributed by atoms with Crippen molar-refractivity contribution in [2.75, 3.05) is 37.6 Å². The molecule has 118 valence electrons. The fraction of sp³-hybridized carbons (Fsp3) is 0.611. The van der Waals surface area contributed by atoms with E-state index < -0.39 is 0 Å². The smallest absolute Gasteiger partial charge is 0.176 e. The van der Waals surface area contributed by atoms with E-state index in [1.165, 1.54) is 5.69 Å². The third-order valence-corrected chi connectivity index (χ3v) is 3.76. The lowest BCUT2D eigenvalue weighted by Crippen LogP contribution is -2.31. The van der Waals surface area contributed by atoms with E-state index in [1.807, 2.05) is 12.1 Å². The van der Waals surface area contributed by atoms with E-state index in [4.69, 9.17) is 0 Å². The number of hydrogen-bond acceptors (Lipinski definition) is 3. The largest absolute Gasteiger partial charge is 0.372 e. The van der Waals surface area contributed by atoms with Gasteiger partial charge in [-0.15, -0.1) is 0 Å². The molecule has 0 spiro atoms. The summed E-state index contributed by atoms with van der Waals surface area (Å²) >= 11 is 0. The molecule has 1 rings (SSSR count). The van der Waals surface area contributed by atoms with Crippen molar-refractivity contribution in [3.63, 3.8) is 0 Å². The zero-order valence-corrected chi connectivity index (χ0v) is 14.1. The van der Waals surface area contributed by atoms with Crippen LogP contribution in [0.15, 0.2) is 24.3 Å². The Morgan fingerprint density at radius 1 is 0.905 bits per heavy atom. The summed E-state index contributed by atoms with van der Waals surface area (Å²) in [6.45, 7) is 13.1. The number of carbonyl (C=O) groups is 1. The van der Waals surface area contributed by atoms with Crippen LogP contribution in [0, 0.1) is 0 Å². The van der Waals surface area contributed by atoms with Gasteiger partial charge in [0, 0.05) is 24.3 Å². The minimum atomic E-state index is 0.225. The first-order valence-corrected chi connectivity index (χ1v) is 8.26. The SMILES string of the molecule is CCCN(CCC)CC(=O)c1ccc(N(CC)CC)cc1. The molecule has 1 aromatic carbocycles. The fourth-order valence-electron chi connectivity index (χ4n) is 2.64. The Labute approximate surface area is 129 Å². The number of anilines is 1. The number of rotatable bonds is 10. The molecule has 0 bridgehead atoms. The van der Waals surface area contributed by atoms with E-state index in [0.717, 1.165) is 44.6 Å². The third-order valence-electron chi connectivity index (χ3n) is 3.76. The van der Waals surface area contributed by atoms with Crippen molar-refractivity contribution < 1.29 is 4.79 Å². The van der Waals surface area contributed by atoms with Crippen molar-refractivity contribution in [2.24, 2.45) is 0 Å². The zero-order chi connectivity index (χ0) is 15.7.